The van der Waals surface area contributed by atoms with Crippen molar-refractivity contribution in [2.24, 2.45) is 5.41 Å². The van der Waals surface area contributed by atoms with Crippen LogP contribution in [0.25, 0.3) is 0 Å². The lowest BCUT2D eigenvalue weighted by Crippen LogP contribution is -2.42. The van der Waals surface area contributed by atoms with Crippen molar-refractivity contribution >= 4 is 11.9 Å². The van der Waals surface area contributed by atoms with E-state index in [2.05, 4.69) is 6.58 Å². The molecule has 0 aromatic rings. The Hall–Kier alpha value is -1.84. The van der Waals surface area contributed by atoms with E-state index in [4.69, 9.17) is 9.47 Å². The molecule has 0 aromatic carbocycles. The molecule has 0 bridgehead atoms. The molecule has 4 nitrogen and oxygen atoms in total. The van der Waals surface area contributed by atoms with Crippen molar-refractivity contribution in [3.8, 4) is 0 Å². The Bertz CT molecular complexity index is 464. The van der Waals surface area contributed by atoms with Gasteiger partial charge in [0.15, 0.2) is 5.41 Å². The zero-order valence-corrected chi connectivity index (χ0v) is 16.5. The lowest BCUT2D eigenvalue weighted by Gasteiger charge is -2.28. The van der Waals surface area contributed by atoms with Gasteiger partial charge in [-0.1, -0.05) is 42.7 Å². The topological polar surface area (TPSA) is 52.6 Å². The van der Waals surface area contributed by atoms with Crippen molar-refractivity contribution in [2.45, 2.75) is 66.7 Å². The molecule has 0 rings (SSSR count). The first-order chi connectivity index (χ1) is 11.9. The van der Waals surface area contributed by atoms with Crippen molar-refractivity contribution in [1.82, 2.24) is 0 Å². The van der Waals surface area contributed by atoms with Crippen LogP contribution >= 0.6 is 0 Å². The number of ether oxygens (including phenoxy) is 2. The number of esters is 2. The standard InChI is InChI=1S/C21H34O4/c1-7-13-21(14-8-2,19(22)24-15-11-17(5)9-3)20(23)25-16-12-18(6)10-4/h7,9-10H,1,8,11-16H2,2-6H3. The van der Waals surface area contributed by atoms with Crippen LogP contribution in [0.15, 0.2) is 36.0 Å². The van der Waals surface area contributed by atoms with Gasteiger partial charge in [0.25, 0.3) is 0 Å². The maximum Gasteiger partial charge on any atom is 0.323 e. The first-order valence-electron chi connectivity index (χ1n) is 9.06. The van der Waals surface area contributed by atoms with Gasteiger partial charge in [-0.05, 0) is 40.5 Å². The molecule has 0 radical (unpaired) electrons. The van der Waals surface area contributed by atoms with Crippen molar-refractivity contribution in [3.05, 3.63) is 36.0 Å². The predicted octanol–water partition coefficient (Wildman–Crippen LogP) is 5.15. The van der Waals surface area contributed by atoms with E-state index >= 15 is 0 Å². The van der Waals surface area contributed by atoms with Gasteiger partial charge in [0.05, 0.1) is 13.2 Å². The molecule has 0 saturated heterocycles. The van der Waals surface area contributed by atoms with Crippen LogP contribution < -0.4 is 0 Å². The first kappa shape index (κ1) is 23.2. The summed E-state index contributed by atoms with van der Waals surface area (Å²) in [5.41, 5.74) is 0.994. The third kappa shape index (κ3) is 7.72. The SMILES string of the molecule is C=CCC(CCC)(C(=O)OCCC(C)=CC)C(=O)OCCC(C)=CC. The molecule has 0 aliphatic rings. The fourth-order valence-electron chi connectivity index (χ4n) is 2.40. The number of carbonyl (C=O) groups excluding carboxylic acids is 2. The van der Waals surface area contributed by atoms with Crippen LogP contribution in [0.4, 0.5) is 0 Å². The highest BCUT2D eigenvalue weighted by Crippen LogP contribution is 2.33. The fraction of sp³-hybridized carbons (Fsp3) is 0.619. The number of hydrogen-bond donors (Lipinski definition) is 0. The Morgan fingerprint density at radius 2 is 1.40 bits per heavy atom. The van der Waals surface area contributed by atoms with E-state index in [1.54, 1.807) is 6.08 Å². The summed E-state index contributed by atoms with van der Waals surface area (Å²) in [5.74, 6) is -1.02. The number of rotatable bonds is 12. The molecule has 0 amide bonds. The minimum Gasteiger partial charge on any atom is -0.464 e. The summed E-state index contributed by atoms with van der Waals surface area (Å²) in [6.07, 6.45) is 8.17. The third-order valence-corrected chi connectivity index (χ3v) is 4.40. The van der Waals surface area contributed by atoms with Crippen LogP contribution in [0, 0.1) is 5.41 Å². The van der Waals surface area contributed by atoms with Crippen LogP contribution in [0.1, 0.15) is 66.7 Å². The predicted molar refractivity (Wildman–Crippen MR) is 102 cm³/mol. The van der Waals surface area contributed by atoms with Crippen LogP contribution in [0.5, 0.6) is 0 Å². The van der Waals surface area contributed by atoms with Crippen LogP contribution in [-0.2, 0) is 19.1 Å². The molecule has 0 atom stereocenters. The highest BCUT2D eigenvalue weighted by Gasteiger charge is 2.47. The molecule has 0 aromatic heterocycles. The van der Waals surface area contributed by atoms with E-state index in [1.165, 1.54) is 0 Å². The van der Waals surface area contributed by atoms with Gasteiger partial charge < -0.3 is 9.47 Å². The quantitative estimate of drug-likeness (QED) is 0.277. The molecule has 0 saturated carbocycles. The van der Waals surface area contributed by atoms with Crippen LogP contribution in [-0.4, -0.2) is 25.2 Å². The Morgan fingerprint density at radius 1 is 0.960 bits per heavy atom. The Morgan fingerprint density at radius 3 is 1.72 bits per heavy atom. The zero-order chi connectivity index (χ0) is 19.3. The maximum absolute atomic E-state index is 12.7. The number of carbonyl (C=O) groups is 2. The van der Waals surface area contributed by atoms with Crippen molar-refractivity contribution in [1.29, 1.82) is 0 Å². The minimum atomic E-state index is -1.29. The van der Waals surface area contributed by atoms with Gasteiger partial charge in [0, 0.05) is 12.8 Å². The second-order valence-electron chi connectivity index (χ2n) is 6.37. The summed E-state index contributed by atoms with van der Waals surface area (Å²) in [7, 11) is 0. The monoisotopic (exact) mass is 350 g/mol. The Kier molecular flexibility index (Phi) is 11.6. The van der Waals surface area contributed by atoms with Crippen molar-refractivity contribution < 1.29 is 19.1 Å². The van der Waals surface area contributed by atoms with E-state index in [0.29, 0.717) is 25.7 Å². The maximum atomic E-state index is 12.7. The smallest absolute Gasteiger partial charge is 0.323 e. The van der Waals surface area contributed by atoms with E-state index in [9.17, 15) is 9.59 Å². The van der Waals surface area contributed by atoms with Crippen molar-refractivity contribution in [3.63, 3.8) is 0 Å². The van der Waals surface area contributed by atoms with E-state index in [-0.39, 0.29) is 19.6 Å². The molecule has 142 valence electrons. The Balaban J connectivity index is 5.09. The summed E-state index contributed by atoms with van der Waals surface area (Å²) >= 11 is 0. The van der Waals surface area contributed by atoms with E-state index in [0.717, 1.165) is 11.1 Å². The average Bonchev–Trinajstić information content (AvgIpc) is 2.60. The molecule has 0 aliphatic carbocycles. The van der Waals surface area contributed by atoms with Gasteiger partial charge in [-0.3, -0.25) is 9.59 Å². The van der Waals surface area contributed by atoms with Crippen LogP contribution in [0.2, 0.25) is 0 Å². The van der Waals surface area contributed by atoms with Gasteiger partial charge in [0.2, 0.25) is 0 Å². The molecular formula is C21H34O4. The molecule has 0 heterocycles. The molecule has 0 fully saturated rings. The third-order valence-electron chi connectivity index (χ3n) is 4.40. The molecule has 4 heteroatoms. The number of allylic oxidation sites excluding steroid dienone is 3. The van der Waals surface area contributed by atoms with E-state index in [1.807, 2.05) is 46.8 Å². The molecule has 0 N–H and O–H groups in total. The largest absolute Gasteiger partial charge is 0.464 e. The highest BCUT2D eigenvalue weighted by molar-refractivity contribution is 6.00. The average molecular weight is 350 g/mol. The number of hydrogen-bond acceptors (Lipinski definition) is 4. The van der Waals surface area contributed by atoms with Gasteiger partial charge >= 0.3 is 11.9 Å². The Labute approximate surface area is 153 Å². The van der Waals surface area contributed by atoms with Gasteiger partial charge in [-0.25, -0.2) is 0 Å². The van der Waals surface area contributed by atoms with Crippen LogP contribution in [0.3, 0.4) is 0 Å². The second-order valence-corrected chi connectivity index (χ2v) is 6.37. The lowest BCUT2D eigenvalue weighted by molar-refractivity contribution is -0.173. The van der Waals surface area contributed by atoms with Gasteiger partial charge in [0.1, 0.15) is 0 Å². The fourth-order valence-corrected chi connectivity index (χ4v) is 2.40. The first-order valence-corrected chi connectivity index (χ1v) is 9.06. The molecule has 25 heavy (non-hydrogen) atoms. The summed E-state index contributed by atoms with van der Waals surface area (Å²) in [4.78, 5) is 25.4. The second kappa shape index (κ2) is 12.5. The lowest BCUT2D eigenvalue weighted by atomic mass is 9.80. The summed E-state index contributed by atoms with van der Waals surface area (Å²) in [6, 6.07) is 0. The minimum absolute atomic E-state index is 0.226. The molecule has 0 spiro atoms. The van der Waals surface area contributed by atoms with Gasteiger partial charge in [-0.2, -0.15) is 0 Å². The summed E-state index contributed by atoms with van der Waals surface area (Å²) < 4.78 is 10.8. The van der Waals surface area contributed by atoms with E-state index < -0.39 is 17.4 Å². The van der Waals surface area contributed by atoms with Crippen molar-refractivity contribution in [2.75, 3.05) is 13.2 Å². The molecular weight excluding hydrogens is 316 g/mol. The normalized spacial score (nSPS) is 14.6. The summed E-state index contributed by atoms with van der Waals surface area (Å²) in [6.45, 7) is 14.0. The highest BCUT2D eigenvalue weighted by atomic mass is 16.6. The molecule has 0 aliphatic heterocycles. The van der Waals surface area contributed by atoms with Gasteiger partial charge in [-0.15, -0.1) is 6.58 Å². The zero-order valence-electron chi connectivity index (χ0n) is 16.5. The summed E-state index contributed by atoms with van der Waals surface area (Å²) in [5, 5.41) is 0. The molecule has 0 unspecified atom stereocenters.